The Balaban J connectivity index is 2.11. The van der Waals surface area contributed by atoms with Gasteiger partial charge >= 0.3 is 5.97 Å². The Kier molecular flexibility index (Phi) is 3.52. The normalized spacial score (nSPS) is 10.6. The van der Waals surface area contributed by atoms with Crippen molar-refractivity contribution >= 4 is 29.2 Å². The predicted molar refractivity (Wildman–Crippen MR) is 68.9 cm³/mol. The zero-order chi connectivity index (χ0) is 12.1. The third-order valence-corrected chi connectivity index (χ3v) is 2.80. The van der Waals surface area contributed by atoms with Crippen LogP contribution in [0.4, 0.5) is 5.69 Å². The number of aromatic carboxylic acids is 1. The summed E-state index contributed by atoms with van der Waals surface area (Å²) in [6.45, 7) is 0. The molecule has 5 heteroatoms. The Morgan fingerprint density at radius 2 is 2.18 bits per heavy atom. The van der Waals surface area contributed by atoms with Crippen LogP contribution in [0.1, 0.15) is 15.9 Å². The van der Waals surface area contributed by atoms with E-state index in [9.17, 15) is 4.79 Å². The lowest BCUT2D eigenvalue weighted by Gasteiger charge is -2.03. The number of para-hydroxylation sites is 1. The van der Waals surface area contributed by atoms with Crippen LogP contribution in [0.5, 0.6) is 0 Å². The lowest BCUT2D eigenvalue weighted by molar-refractivity contribution is 0.0698. The molecule has 1 aromatic heterocycles. The Hall–Kier alpha value is -2.14. The Morgan fingerprint density at radius 1 is 1.35 bits per heavy atom. The van der Waals surface area contributed by atoms with Crippen molar-refractivity contribution in [2.75, 3.05) is 5.43 Å². The second kappa shape index (κ2) is 5.27. The van der Waals surface area contributed by atoms with Crippen LogP contribution in [0.2, 0.25) is 0 Å². The van der Waals surface area contributed by atoms with Gasteiger partial charge in [-0.15, -0.1) is 0 Å². The number of rotatable bonds is 4. The molecular formula is C12H10N2O2S. The molecule has 2 N–H and O–H groups in total. The van der Waals surface area contributed by atoms with Crippen molar-refractivity contribution in [3.8, 4) is 0 Å². The number of nitrogens with zero attached hydrogens (tertiary/aromatic N) is 1. The van der Waals surface area contributed by atoms with Crippen molar-refractivity contribution in [2.24, 2.45) is 5.10 Å². The van der Waals surface area contributed by atoms with Crippen molar-refractivity contribution in [3.05, 3.63) is 52.2 Å². The average molecular weight is 246 g/mol. The highest BCUT2D eigenvalue weighted by molar-refractivity contribution is 7.08. The van der Waals surface area contributed by atoms with Gasteiger partial charge in [0.05, 0.1) is 17.5 Å². The molecule has 1 aromatic carbocycles. The fraction of sp³-hybridized carbons (Fsp3) is 0. The molecule has 0 spiro atoms. The maximum Gasteiger partial charge on any atom is 0.337 e. The molecule has 17 heavy (non-hydrogen) atoms. The fourth-order valence-electron chi connectivity index (χ4n) is 1.29. The minimum Gasteiger partial charge on any atom is -0.478 e. The van der Waals surface area contributed by atoms with Crippen molar-refractivity contribution in [1.82, 2.24) is 0 Å². The minimum atomic E-state index is -0.973. The van der Waals surface area contributed by atoms with Gasteiger partial charge in [0.1, 0.15) is 0 Å². The summed E-state index contributed by atoms with van der Waals surface area (Å²) in [6, 6.07) is 8.57. The summed E-state index contributed by atoms with van der Waals surface area (Å²) in [6.07, 6.45) is 1.65. The smallest absolute Gasteiger partial charge is 0.337 e. The Bertz CT molecular complexity index is 535. The van der Waals surface area contributed by atoms with E-state index in [-0.39, 0.29) is 5.56 Å². The third kappa shape index (κ3) is 2.92. The molecular weight excluding hydrogens is 236 g/mol. The van der Waals surface area contributed by atoms with Gasteiger partial charge in [0.2, 0.25) is 0 Å². The highest BCUT2D eigenvalue weighted by Crippen LogP contribution is 2.14. The number of carboxylic acid groups (broad SMARTS) is 1. The Morgan fingerprint density at radius 3 is 2.88 bits per heavy atom. The van der Waals surface area contributed by atoms with Gasteiger partial charge in [-0.05, 0) is 29.0 Å². The largest absolute Gasteiger partial charge is 0.478 e. The number of hydrogen-bond donors (Lipinski definition) is 2. The first-order valence-corrected chi connectivity index (χ1v) is 5.85. The van der Waals surface area contributed by atoms with Crippen molar-refractivity contribution in [2.45, 2.75) is 0 Å². The van der Waals surface area contributed by atoms with Gasteiger partial charge in [0, 0.05) is 5.56 Å². The summed E-state index contributed by atoms with van der Waals surface area (Å²) in [7, 11) is 0. The number of carbonyl (C=O) groups is 1. The molecule has 0 atom stereocenters. The first-order chi connectivity index (χ1) is 8.27. The summed E-state index contributed by atoms with van der Waals surface area (Å²) >= 11 is 1.58. The van der Waals surface area contributed by atoms with Crippen molar-refractivity contribution in [1.29, 1.82) is 0 Å². The molecule has 1 heterocycles. The number of benzene rings is 1. The van der Waals surface area contributed by atoms with E-state index in [1.165, 1.54) is 6.07 Å². The van der Waals surface area contributed by atoms with E-state index in [1.54, 1.807) is 35.8 Å². The van der Waals surface area contributed by atoms with Crippen molar-refractivity contribution in [3.63, 3.8) is 0 Å². The molecule has 0 saturated carbocycles. The maximum atomic E-state index is 10.9. The van der Waals surface area contributed by atoms with Crippen LogP contribution in [-0.4, -0.2) is 17.3 Å². The van der Waals surface area contributed by atoms with Crippen LogP contribution < -0.4 is 5.43 Å². The molecule has 0 bridgehead atoms. The van der Waals surface area contributed by atoms with E-state index in [4.69, 9.17) is 5.11 Å². The van der Waals surface area contributed by atoms with Gasteiger partial charge in [0.25, 0.3) is 0 Å². The first-order valence-electron chi connectivity index (χ1n) is 4.91. The number of thiophene rings is 1. The molecule has 2 aromatic rings. The van der Waals surface area contributed by atoms with Crippen LogP contribution in [-0.2, 0) is 0 Å². The van der Waals surface area contributed by atoms with E-state index < -0.39 is 5.97 Å². The number of hydrogen-bond acceptors (Lipinski definition) is 4. The topological polar surface area (TPSA) is 61.7 Å². The summed E-state index contributed by atoms with van der Waals surface area (Å²) < 4.78 is 0. The molecule has 2 rings (SSSR count). The highest BCUT2D eigenvalue weighted by atomic mass is 32.1. The molecule has 0 fully saturated rings. The molecule has 0 aliphatic carbocycles. The predicted octanol–water partition coefficient (Wildman–Crippen LogP) is 2.89. The Labute approximate surface area is 102 Å². The molecule has 0 aliphatic heterocycles. The van der Waals surface area contributed by atoms with Crippen LogP contribution >= 0.6 is 11.3 Å². The van der Waals surface area contributed by atoms with E-state index >= 15 is 0 Å². The van der Waals surface area contributed by atoms with Crippen LogP contribution in [0.25, 0.3) is 0 Å². The van der Waals surface area contributed by atoms with E-state index in [2.05, 4.69) is 10.5 Å². The molecule has 86 valence electrons. The number of carboxylic acids is 1. The second-order valence-electron chi connectivity index (χ2n) is 3.28. The summed E-state index contributed by atoms with van der Waals surface area (Å²) in [5.74, 6) is -0.973. The number of nitrogens with one attached hydrogen (secondary N) is 1. The minimum absolute atomic E-state index is 0.204. The molecule has 0 unspecified atom stereocenters. The third-order valence-electron chi connectivity index (χ3n) is 2.10. The lowest BCUT2D eigenvalue weighted by atomic mass is 10.2. The van der Waals surface area contributed by atoms with Crippen LogP contribution in [0.3, 0.4) is 0 Å². The van der Waals surface area contributed by atoms with Crippen molar-refractivity contribution < 1.29 is 9.90 Å². The average Bonchev–Trinajstić information content (AvgIpc) is 2.82. The maximum absolute atomic E-state index is 10.9. The van der Waals surface area contributed by atoms with E-state index in [0.29, 0.717) is 5.69 Å². The summed E-state index contributed by atoms with van der Waals surface area (Å²) in [5.41, 5.74) is 4.39. The SMILES string of the molecule is O=C(O)c1ccccc1N/N=C/c1ccsc1. The fourth-order valence-corrected chi connectivity index (χ4v) is 1.90. The second-order valence-corrected chi connectivity index (χ2v) is 4.06. The summed E-state index contributed by atoms with van der Waals surface area (Å²) in [4.78, 5) is 10.9. The quantitative estimate of drug-likeness (QED) is 0.644. The van der Waals surface area contributed by atoms with E-state index in [0.717, 1.165) is 5.56 Å². The van der Waals surface area contributed by atoms with Gasteiger partial charge in [-0.2, -0.15) is 16.4 Å². The van der Waals surface area contributed by atoms with Gasteiger partial charge in [-0.3, -0.25) is 5.43 Å². The zero-order valence-corrected chi connectivity index (χ0v) is 9.65. The van der Waals surface area contributed by atoms with Gasteiger partial charge in [-0.1, -0.05) is 12.1 Å². The molecule has 0 radical (unpaired) electrons. The molecule has 0 amide bonds. The van der Waals surface area contributed by atoms with E-state index in [1.807, 2.05) is 16.8 Å². The van der Waals surface area contributed by atoms with Gasteiger partial charge in [0.15, 0.2) is 0 Å². The standard InChI is InChI=1S/C12H10N2O2S/c15-12(16)10-3-1-2-4-11(10)14-13-7-9-5-6-17-8-9/h1-8,14H,(H,15,16)/b13-7+. The van der Waals surface area contributed by atoms with Gasteiger partial charge in [-0.25, -0.2) is 4.79 Å². The van der Waals surface area contributed by atoms with Crippen LogP contribution in [0.15, 0.2) is 46.2 Å². The summed E-state index contributed by atoms with van der Waals surface area (Å²) in [5, 5.41) is 16.9. The molecule has 0 saturated heterocycles. The lowest BCUT2D eigenvalue weighted by Crippen LogP contribution is -2.01. The zero-order valence-electron chi connectivity index (χ0n) is 8.83. The number of hydrazone groups is 1. The highest BCUT2D eigenvalue weighted by Gasteiger charge is 2.07. The van der Waals surface area contributed by atoms with Crippen LogP contribution in [0, 0.1) is 0 Å². The monoisotopic (exact) mass is 246 g/mol. The number of anilines is 1. The molecule has 4 nitrogen and oxygen atoms in total. The first kappa shape index (κ1) is 11.3. The molecule has 0 aliphatic rings. The van der Waals surface area contributed by atoms with Gasteiger partial charge < -0.3 is 5.11 Å².